The summed E-state index contributed by atoms with van der Waals surface area (Å²) in [7, 11) is 1.75. The summed E-state index contributed by atoms with van der Waals surface area (Å²) in [6, 6.07) is 0. The molecule has 1 N–H and O–H groups in total. The van der Waals surface area contributed by atoms with Crippen molar-refractivity contribution in [3.63, 3.8) is 0 Å². The van der Waals surface area contributed by atoms with E-state index in [9.17, 15) is 0 Å². The molecule has 0 fully saturated rings. The lowest BCUT2D eigenvalue weighted by atomic mass is 9.88. The van der Waals surface area contributed by atoms with E-state index in [0.29, 0.717) is 0 Å². The number of aromatic nitrogens is 2. The van der Waals surface area contributed by atoms with Crippen molar-refractivity contribution in [3.05, 3.63) is 17.2 Å². The lowest BCUT2D eigenvalue weighted by Gasteiger charge is -2.19. The van der Waals surface area contributed by atoms with Crippen molar-refractivity contribution >= 4 is 0 Å². The van der Waals surface area contributed by atoms with E-state index < -0.39 is 0 Å². The minimum Gasteiger partial charge on any atom is -0.385 e. The summed E-state index contributed by atoms with van der Waals surface area (Å²) in [5.41, 5.74) is 2.71. The van der Waals surface area contributed by atoms with E-state index in [2.05, 4.69) is 16.9 Å². The van der Waals surface area contributed by atoms with Crippen LogP contribution in [0.15, 0.2) is 0 Å². The zero-order chi connectivity index (χ0) is 11.4. The molecule has 3 heteroatoms. The third-order valence-electron chi connectivity index (χ3n) is 3.54. The average molecular weight is 222 g/mol. The number of hydrogen-bond acceptors (Lipinski definition) is 2. The summed E-state index contributed by atoms with van der Waals surface area (Å²) in [6.45, 7) is 3.11. The average Bonchev–Trinajstić information content (AvgIpc) is 2.70. The Morgan fingerprint density at radius 2 is 2.38 bits per heavy atom. The largest absolute Gasteiger partial charge is 0.385 e. The number of rotatable bonds is 5. The molecule has 16 heavy (non-hydrogen) atoms. The highest BCUT2D eigenvalue weighted by Gasteiger charge is 2.20. The molecule has 0 bridgehead atoms. The normalized spacial score (nSPS) is 19.8. The molecule has 0 saturated carbocycles. The van der Waals surface area contributed by atoms with Crippen LogP contribution in [0, 0.1) is 5.92 Å². The molecule has 2 rings (SSSR count). The maximum absolute atomic E-state index is 5.06. The fraction of sp³-hybridized carbons (Fsp3) is 0.769. The molecule has 1 heterocycles. The van der Waals surface area contributed by atoms with Crippen molar-refractivity contribution in [3.8, 4) is 0 Å². The second-order valence-electron chi connectivity index (χ2n) is 4.72. The smallest absolute Gasteiger partial charge is 0.106 e. The fourth-order valence-corrected chi connectivity index (χ4v) is 2.46. The molecule has 90 valence electrons. The number of methoxy groups -OCH3 is 1. The number of aromatic amines is 1. The molecule has 0 aromatic carbocycles. The second-order valence-corrected chi connectivity index (χ2v) is 4.72. The van der Waals surface area contributed by atoms with Gasteiger partial charge in [0.1, 0.15) is 5.82 Å². The highest BCUT2D eigenvalue weighted by molar-refractivity contribution is 5.18. The number of fused-ring (bicyclic) bond motifs is 1. The predicted octanol–water partition coefficient (Wildman–Crippen LogP) is 2.50. The first-order chi connectivity index (χ1) is 7.83. The molecular weight excluding hydrogens is 200 g/mol. The molecule has 1 atom stereocenters. The Labute approximate surface area is 97.6 Å². The van der Waals surface area contributed by atoms with E-state index in [1.54, 1.807) is 7.11 Å². The zero-order valence-electron chi connectivity index (χ0n) is 10.4. The van der Waals surface area contributed by atoms with Crippen LogP contribution in [-0.4, -0.2) is 23.7 Å². The van der Waals surface area contributed by atoms with E-state index in [1.165, 1.54) is 30.7 Å². The first-order valence-corrected chi connectivity index (χ1v) is 6.39. The van der Waals surface area contributed by atoms with Crippen LogP contribution in [0.3, 0.4) is 0 Å². The first-order valence-electron chi connectivity index (χ1n) is 6.39. The molecule has 0 radical (unpaired) electrons. The number of hydrogen-bond donors (Lipinski definition) is 1. The third-order valence-corrected chi connectivity index (χ3v) is 3.54. The van der Waals surface area contributed by atoms with Crippen LogP contribution in [0.4, 0.5) is 0 Å². The van der Waals surface area contributed by atoms with Gasteiger partial charge in [-0.3, -0.25) is 0 Å². The van der Waals surface area contributed by atoms with Crippen LogP contribution in [0.2, 0.25) is 0 Å². The number of H-pyrrole nitrogens is 1. The van der Waals surface area contributed by atoms with Gasteiger partial charge in [-0.05, 0) is 31.6 Å². The standard InChI is InChI=1S/C13H22N2O/c1-3-10-6-7-11-12(9-10)15-13(14-11)5-4-8-16-2/h10H,3-9H2,1-2H3,(H,14,15). The molecule has 0 amide bonds. The number of nitrogens with zero attached hydrogens (tertiary/aromatic N) is 1. The molecule has 3 nitrogen and oxygen atoms in total. The summed E-state index contributed by atoms with van der Waals surface area (Å²) in [5.74, 6) is 2.01. The Balaban J connectivity index is 1.95. The zero-order valence-corrected chi connectivity index (χ0v) is 10.4. The van der Waals surface area contributed by atoms with E-state index in [1.807, 2.05) is 0 Å². The molecule has 1 aromatic rings. The van der Waals surface area contributed by atoms with Gasteiger partial charge in [0, 0.05) is 25.8 Å². The maximum Gasteiger partial charge on any atom is 0.106 e. The summed E-state index contributed by atoms with van der Waals surface area (Å²) in [6.07, 6.45) is 7.03. The van der Waals surface area contributed by atoms with Crippen LogP contribution in [0.5, 0.6) is 0 Å². The Kier molecular flexibility index (Phi) is 3.99. The fourth-order valence-electron chi connectivity index (χ4n) is 2.46. The summed E-state index contributed by atoms with van der Waals surface area (Å²) in [4.78, 5) is 8.17. The summed E-state index contributed by atoms with van der Waals surface area (Å²) < 4.78 is 5.06. The molecular formula is C13H22N2O. The lowest BCUT2D eigenvalue weighted by molar-refractivity contribution is 0.194. The van der Waals surface area contributed by atoms with Crippen molar-refractivity contribution in [1.29, 1.82) is 0 Å². The van der Waals surface area contributed by atoms with Crippen LogP contribution >= 0.6 is 0 Å². The van der Waals surface area contributed by atoms with Gasteiger partial charge < -0.3 is 9.72 Å². The van der Waals surface area contributed by atoms with E-state index in [4.69, 9.17) is 4.74 Å². The molecule has 0 aliphatic heterocycles. The van der Waals surface area contributed by atoms with Gasteiger partial charge in [-0.2, -0.15) is 0 Å². The SMILES string of the molecule is CCC1CCc2nc(CCCOC)[nH]c2C1. The Hall–Kier alpha value is -0.830. The third kappa shape index (κ3) is 2.64. The highest BCUT2D eigenvalue weighted by atomic mass is 16.5. The van der Waals surface area contributed by atoms with Crippen molar-refractivity contribution in [1.82, 2.24) is 9.97 Å². The predicted molar refractivity (Wildman–Crippen MR) is 64.6 cm³/mol. The molecule has 0 saturated heterocycles. The van der Waals surface area contributed by atoms with Crippen LogP contribution < -0.4 is 0 Å². The molecule has 1 aliphatic rings. The number of nitrogens with one attached hydrogen (secondary N) is 1. The molecule has 1 unspecified atom stereocenters. The molecule has 0 spiro atoms. The van der Waals surface area contributed by atoms with Gasteiger partial charge in [0.15, 0.2) is 0 Å². The number of ether oxygens (including phenoxy) is 1. The van der Waals surface area contributed by atoms with E-state index in [-0.39, 0.29) is 0 Å². The maximum atomic E-state index is 5.06. The van der Waals surface area contributed by atoms with Gasteiger partial charge in [-0.1, -0.05) is 13.3 Å². The Morgan fingerprint density at radius 3 is 3.12 bits per heavy atom. The lowest BCUT2D eigenvalue weighted by Crippen LogP contribution is -2.12. The van der Waals surface area contributed by atoms with E-state index >= 15 is 0 Å². The van der Waals surface area contributed by atoms with Gasteiger partial charge >= 0.3 is 0 Å². The van der Waals surface area contributed by atoms with Crippen molar-refractivity contribution in [2.75, 3.05) is 13.7 Å². The van der Waals surface area contributed by atoms with Gasteiger partial charge in [-0.25, -0.2) is 4.98 Å². The van der Waals surface area contributed by atoms with Crippen molar-refractivity contribution in [2.45, 2.75) is 45.4 Å². The monoisotopic (exact) mass is 222 g/mol. The second kappa shape index (κ2) is 5.48. The minimum absolute atomic E-state index is 0.822. The quantitative estimate of drug-likeness (QED) is 0.777. The number of aryl methyl sites for hydroxylation is 2. The minimum atomic E-state index is 0.822. The topological polar surface area (TPSA) is 37.9 Å². The van der Waals surface area contributed by atoms with Crippen LogP contribution in [-0.2, 0) is 24.0 Å². The van der Waals surface area contributed by atoms with Gasteiger partial charge in [0.2, 0.25) is 0 Å². The van der Waals surface area contributed by atoms with Gasteiger partial charge in [0.25, 0.3) is 0 Å². The summed E-state index contributed by atoms with van der Waals surface area (Å²) >= 11 is 0. The van der Waals surface area contributed by atoms with Gasteiger partial charge in [0.05, 0.1) is 5.69 Å². The van der Waals surface area contributed by atoms with E-state index in [0.717, 1.165) is 37.6 Å². The first kappa shape index (κ1) is 11.6. The Bertz CT molecular complexity index is 333. The van der Waals surface area contributed by atoms with Crippen molar-refractivity contribution in [2.24, 2.45) is 5.92 Å². The van der Waals surface area contributed by atoms with Crippen LogP contribution in [0.1, 0.15) is 43.4 Å². The Morgan fingerprint density at radius 1 is 1.50 bits per heavy atom. The molecule has 1 aliphatic carbocycles. The van der Waals surface area contributed by atoms with Crippen LogP contribution in [0.25, 0.3) is 0 Å². The highest BCUT2D eigenvalue weighted by Crippen LogP contribution is 2.25. The number of imidazole rings is 1. The van der Waals surface area contributed by atoms with Gasteiger partial charge in [-0.15, -0.1) is 0 Å². The van der Waals surface area contributed by atoms with Crippen molar-refractivity contribution < 1.29 is 4.74 Å². The molecule has 1 aromatic heterocycles. The summed E-state index contributed by atoms with van der Waals surface area (Å²) in [5, 5.41) is 0.